The Kier molecular flexibility index (Phi) is 8.66. The van der Waals surface area contributed by atoms with Gasteiger partial charge in [0.2, 0.25) is 0 Å². The minimum absolute atomic E-state index is 1.11. The maximum atomic E-state index is 2.34. The maximum absolute atomic E-state index is 2.34. The fourth-order valence-corrected chi connectivity index (χ4v) is 7.40. The minimum Gasteiger partial charge on any atom is -0.311 e. The molecular weight excluding hydrogens is 639 g/mol. The number of rotatable bonds is 8. The highest BCUT2D eigenvalue weighted by Crippen LogP contribution is 2.40. The van der Waals surface area contributed by atoms with E-state index in [2.05, 4.69) is 229 Å². The molecule has 0 saturated heterocycles. The van der Waals surface area contributed by atoms with Gasteiger partial charge in [-0.05, 0) is 109 Å². The molecule has 1 nitrogen and oxygen atoms in total. The summed E-state index contributed by atoms with van der Waals surface area (Å²) in [4.78, 5) is 2.34. The highest BCUT2D eigenvalue weighted by Gasteiger charge is 2.15. The summed E-state index contributed by atoms with van der Waals surface area (Å²) in [6.07, 6.45) is 0. The predicted octanol–water partition coefficient (Wildman–Crippen LogP) is 14.6. The van der Waals surface area contributed by atoms with Crippen LogP contribution in [0.15, 0.2) is 224 Å². The Bertz CT molecular complexity index is 2530. The van der Waals surface area contributed by atoms with E-state index in [1.54, 1.807) is 0 Å². The molecule has 0 fully saturated rings. The molecule has 0 unspecified atom stereocenters. The highest BCUT2D eigenvalue weighted by atomic mass is 15.1. The topological polar surface area (TPSA) is 3.24 Å². The molecule has 250 valence electrons. The van der Waals surface area contributed by atoms with Crippen molar-refractivity contribution in [3.05, 3.63) is 224 Å². The zero-order valence-corrected chi connectivity index (χ0v) is 29.3. The van der Waals surface area contributed by atoms with Gasteiger partial charge in [-0.2, -0.15) is 0 Å². The smallest absolute Gasteiger partial charge is 0.0462 e. The molecule has 0 heterocycles. The molecule has 9 aromatic carbocycles. The number of hydrogen-bond donors (Lipinski definition) is 0. The monoisotopic (exact) mass is 675 g/mol. The van der Waals surface area contributed by atoms with Crippen LogP contribution in [0, 0.1) is 0 Å². The van der Waals surface area contributed by atoms with Crippen LogP contribution in [0.4, 0.5) is 17.1 Å². The number of hydrogen-bond acceptors (Lipinski definition) is 1. The van der Waals surface area contributed by atoms with Gasteiger partial charge in [0, 0.05) is 17.1 Å². The Morgan fingerprint density at radius 1 is 0.226 bits per heavy atom. The van der Waals surface area contributed by atoms with E-state index in [9.17, 15) is 0 Å². The summed E-state index contributed by atoms with van der Waals surface area (Å²) < 4.78 is 0. The van der Waals surface area contributed by atoms with Gasteiger partial charge in [-0.25, -0.2) is 0 Å². The fraction of sp³-hybridized carbons (Fsp3) is 0. The largest absolute Gasteiger partial charge is 0.311 e. The van der Waals surface area contributed by atoms with E-state index >= 15 is 0 Å². The van der Waals surface area contributed by atoms with Gasteiger partial charge in [-0.15, -0.1) is 0 Å². The molecule has 1 heteroatoms. The summed E-state index contributed by atoms with van der Waals surface area (Å²) in [6, 6.07) is 80.7. The van der Waals surface area contributed by atoms with Crippen LogP contribution in [0.2, 0.25) is 0 Å². The molecule has 9 rings (SSSR count). The highest BCUT2D eigenvalue weighted by molar-refractivity contribution is 6.02. The fourth-order valence-electron chi connectivity index (χ4n) is 7.40. The van der Waals surface area contributed by atoms with Gasteiger partial charge in [0.15, 0.2) is 0 Å². The van der Waals surface area contributed by atoms with E-state index in [0.29, 0.717) is 0 Å². The van der Waals surface area contributed by atoms with Crippen LogP contribution in [0.25, 0.3) is 66.4 Å². The van der Waals surface area contributed by atoms with Gasteiger partial charge < -0.3 is 4.90 Å². The summed E-state index contributed by atoms with van der Waals surface area (Å²) in [5.74, 6) is 0. The first-order valence-corrected chi connectivity index (χ1v) is 18.2. The van der Waals surface area contributed by atoms with Gasteiger partial charge in [0.1, 0.15) is 0 Å². The quantitative estimate of drug-likeness (QED) is 0.155. The lowest BCUT2D eigenvalue weighted by molar-refractivity contribution is 1.28. The third-order valence-electron chi connectivity index (χ3n) is 10.1. The number of anilines is 3. The van der Waals surface area contributed by atoms with Crippen molar-refractivity contribution in [2.75, 3.05) is 4.90 Å². The Balaban J connectivity index is 1.06. The van der Waals surface area contributed by atoms with Crippen molar-refractivity contribution in [2.45, 2.75) is 0 Å². The molecule has 9 aromatic rings. The Labute approximate surface area is 311 Å². The van der Waals surface area contributed by atoms with E-state index in [1.807, 2.05) is 0 Å². The van der Waals surface area contributed by atoms with Crippen LogP contribution < -0.4 is 4.90 Å². The molecule has 0 aliphatic heterocycles. The van der Waals surface area contributed by atoms with Gasteiger partial charge in [0.05, 0.1) is 0 Å². The summed E-state index contributed by atoms with van der Waals surface area (Å²) in [6.45, 7) is 0. The Morgan fingerprint density at radius 3 is 1.11 bits per heavy atom. The zero-order valence-electron chi connectivity index (χ0n) is 29.3. The van der Waals surface area contributed by atoms with Crippen LogP contribution in [0.5, 0.6) is 0 Å². The van der Waals surface area contributed by atoms with Crippen LogP contribution in [0.1, 0.15) is 0 Å². The van der Waals surface area contributed by atoms with Crippen molar-refractivity contribution in [3.8, 4) is 55.6 Å². The molecule has 0 bridgehead atoms. The van der Waals surface area contributed by atoms with Crippen molar-refractivity contribution in [1.29, 1.82) is 0 Å². The molecule has 0 aromatic heterocycles. The Morgan fingerprint density at radius 2 is 0.604 bits per heavy atom. The molecule has 0 atom stereocenters. The third-order valence-corrected chi connectivity index (χ3v) is 10.1. The minimum atomic E-state index is 1.11. The van der Waals surface area contributed by atoms with E-state index in [4.69, 9.17) is 0 Å². The number of fused-ring (bicyclic) bond motifs is 1. The standard InChI is InChI=1S/C52H37N/c1-4-13-38(14-5-1)40-23-30-46(31-24-40)53(47-32-25-41(26-33-47)39-15-6-2-7-16-39)48-34-27-42(28-35-48)44-29-36-50-45(37-44)19-12-22-52(50)51-21-11-10-20-49(51)43-17-8-3-9-18-43/h1-37H. The van der Waals surface area contributed by atoms with Gasteiger partial charge in [-0.1, -0.05) is 182 Å². The lowest BCUT2D eigenvalue weighted by Gasteiger charge is -2.26. The predicted molar refractivity (Wildman–Crippen MR) is 226 cm³/mol. The SMILES string of the molecule is c1ccc(-c2ccc(N(c3ccc(-c4ccccc4)cc3)c3ccc(-c4ccc5c(-c6ccccc6-c6ccccc6)cccc5c4)cc3)cc2)cc1. The van der Waals surface area contributed by atoms with E-state index < -0.39 is 0 Å². The molecular formula is C52H37N. The van der Waals surface area contributed by atoms with Crippen molar-refractivity contribution >= 4 is 27.8 Å². The van der Waals surface area contributed by atoms with E-state index in [-0.39, 0.29) is 0 Å². The number of nitrogens with zero attached hydrogens (tertiary/aromatic N) is 1. The van der Waals surface area contributed by atoms with Crippen molar-refractivity contribution in [3.63, 3.8) is 0 Å². The molecule has 0 radical (unpaired) electrons. The first-order chi connectivity index (χ1) is 26.3. The maximum Gasteiger partial charge on any atom is 0.0462 e. The lowest BCUT2D eigenvalue weighted by atomic mass is 9.90. The second-order valence-electron chi connectivity index (χ2n) is 13.4. The molecule has 0 saturated carbocycles. The second-order valence-corrected chi connectivity index (χ2v) is 13.4. The molecule has 0 aliphatic carbocycles. The van der Waals surface area contributed by atoms with Crippen molar-refractivity contribution < 1.29 is 0 Å². The Hall–Kier alpha value is -6.96. The first-order valence-electron chi connectivity index (χ1n) is 18.2. The van der Waals surface area contributed by atoms with Crippen molar-refractivity contribution in [2.24, 2.45) is 0 Å². The van der Waals surface area contributed by atoms with Gasteiger partial charge in [0.25, 0.3) is 0 Å². The zero-order chi connectivity index (χ0) is 35.4. The number of benzene rings is 9. The van der Waals surface area contributed by atoms with E-state index in [1.165, 1.54) is 66.4 Å². The normalized spacial score (nSPS) is 11.0. The lowest BCUT2D eigenvalue weighted by Crippen LogP contribution is -2.09. The van der Waals surface area contributed by atoms with Crippen molar-refractivity contribution in [1.82, 2.24) is 0 Å². The van der Waals surface area contributed by atoms with Crippen LogP contribution in [0.3, 0.4) is 0 Å². The molecule has 0 aliphatic rings. The van der Waals surface area contributed by atoms with Gasteiger partial charge in [-0.3, -0.25) is 0 Å². The summed E-state index contributed by atoms with van der Waals surface area (Å²) in [5, 5.41) is 2.48. The van der Waals surface area contributed by atoms with Crippen LogP contribution >= 0.6 is 0 Å². The molecule has 0 N–H and O–H groups in total. The van der Waals surface area contributed by atoms with Gasteiger partial charge >= 0.3 is 0 Å². The second kappa shape index (κ2) is 14.3. The van der Waals surface area contributed by atoms with E-state index in [0.717, 1.165) is 17.1 Å². The first kappa shape index (κ1) is 32.0. The summed E-state index contributed by atoms with van der Waals surface area (Å²) in [7, 11) is 0. The average Bonchev–Trinajstić information content (AvgIpc) is 3.25. The molecule has 0 spiro atoms. The summed E-state index contributed by atoms with van der Waals surface area (Å²) in [5.41, 5.74) is 15.5. The third kappa shape index (κ3) is 6.53. The van der Waals surface area contributed by atoms with Crippen LogP contribution in [-0.4, -0.2) is 0 Å². The molecule has 53 heavy (non-hydrogen) atoms. The van der Waals surface area contributed by atoms with Crippen LogP contribution in [-0.2, 0) is 0 Å². The average molecular weight is 676 g/mol. The molecule has 0 amide bonds. The summed E-state index contributed by atoms with van der Waals surface area (Å²) >= 11 is 0.